The van der Waals surface area contributed by atoms with Crippen molar-refractivity contribution in [2.75, 3.05) is 0 Å². The Balaban J connectivity index is 1.99. The molecular formula is C23H19N2O+. The SMILES string of the molecule is [2H]C([2H])([2H])c1cc2c(oc3cc4ccccc4cc32)c(-c2cncc[n+]2C)c1C. The van der Waals surface area contributed by atoms with Crippen LogP contribution < -0.4 is 4.57 Å². The van der Waals surface area contributed by atoms with Gasteiger partial charge in [0.1, 0.15) is 18.2 Å². The van der Waals surface area contributed by atoms with Crippen molar-refractivity contribution in [3.63, 3.8) is 0 Å². The second kappa shape index (κ2) is 5.40. The number of nitrogens with zero attached hydrogens (tertiary/aromatic N) is 2. The van der Waals surface area contributed by atoms with Gasteiger partial charge in [0.2, 0.25) is 5.69 Å². The van der Waals surface area contributed by atoms with Gasteiger partial charge in [0.15, 0.2) is 6.20 Å². The predicted molar refractivity (Wildman–Crippen MR) is 105 cm³/mol. The summed E-state index contributed by atoms with van der Waals surface area (Å²) >= 11 is 0. The molecule has 3 aromatic carbocycles. The molecule has 3 heteroatoms. The molecule has 0 spiro atoms. The van der Waals surface area contributed by atoms with Crippen molar-refractivity contribution in [2.24, 2.45) is 7.05 Å². The van der Waals surface area contributed by atoms with Crippen LogP contribution >= 0.6 is 0 Å². The van der Waals surface area contributed by atoms with Gasteiger partial charge in [-0.05, 0) is 53.9 Å². The molecule has 126 valence electrons. The zero-order chi connectivity index (χ0) is 20.3. The molecular weight excluding hydrogens is 320 g/mol. The van der Waals surface area contributed by atoms with Crippen molar-refractivity contribution in [1.29, 1.82) is 0 Å². The highest BCUT2D eigenvalue weighted by atomic mass is 16.3. The van der Waals surface area contributed by atoms with Crippen LogP contribution in [0.5, 0.6) is 0 Å². The first-order valence-electron chi connectivity index (χ1n) is 10.0. The van der Waals surface area contributed by atoms with E-state index in [-0.39, 0.29) is 0 Å². The summed E-state index contributed by atoms with van der Waals surface area (Å²) in [7, 11) is 1.92. The minimum absolute atomic E-state index is 0.333. The average molecular weight is 342 g/mol. The molecule has 0 atom stereocenters. The lowest BCUT2D eigenvalue weighted by molar-refractivity contribution is -0.660. The van der Waals surface area contributed by atoms with E-state index < -0.39 is 6.85 Å². The van der Waals surface area contributed by atoms with Gasteiger partial charge in [-0.1, -0.05) is 24.3 Å². The van der Waals surface area contributed by atoms with Gasteiger partial charge in [0, 0.05) is 14.9 Å². The van der Waals surface area contributed by atoms with E-state index in [9.17, 15) is 0 Å². The monoisotopic (exact) mass is 342 g/mol. The molecule has 5 rings (SSSR count). The van der Waals surface area contributed by atoms with Crippen molar-refractivity contribution in [1.82, 2.24) is 4.98 Å². The zero-order valence-electron chi connectivity index (χ0n) is 17.6. The van der Waals surface area contributed by atoms with Gasteiger partial charge in [-0.15, -0.1) is 0 Å². The number of hydrogen-bond donors (Lipinski definition) is 0. The lowest BCUT2D eigenvalue weighted by Crippen LogP contribution is -2.30. The fraction of sp³-hybridized carbons (Fsp3) is 0.130. The van der Waals surface area contributed by atoms with Crippen LogP contribution in [0.25, 0.3) is 44.0 Å². The maximum Gasteiger partial charge on any atom is 0.234 e. The minimum atomic E-state index is -2.23. The molecule has 0 saturated carbocycles. The quantitative estimate of drug-likeness (QED) is 0.390. The van der Waals surface area contributed by atoms with Crippen LogP contribution in [0.3, 0.4) is 0 Å². The second-order valence-corrected chi connectivity index (χ2v) is 6.67. The summed E-state index contributed by atoms with van der Waals surface area (Å²) in [5.74, 6) is 0. The maximum absolute atomic E-state index is 8.07. The van der Waals surface area contributed by atoms with Crippen LogP contribution in [0.1, 0.15) is 15.2 Å². The van der Waals surface area contributed by atoms with E-state index in [1.165, 1.54) is 0 Å². The third kappa shape index (κ3) is 2.07. The molecule has 0 fully saturated rings. The number of rotatable bonds is 1. The van der Waals surface area contributed by atoms with Gasteiger partial charge in [0.05, 0.1) is 18.0 Å². The first-order chi connectivity index (χ1) is 13.8. The lowest BCUT2D eigenvalue weighted by Gasteiger charge is -2.08. The summed E-state index contributed by atoms with van der Waals surface area (Å²) in [6.07, 6.45) is 5.29. The molecule has 2 aromatic heterocycles. The standard InChI is InChI=1S/C23H19N2O/c1-14-10-19-18-11-16-6-4-5-7-17(16)12-21(18)26-23(19)22(15(14)2)20-13-24-8-9-25(20)3/h4-13H,1-3H3/q+1/i1D3. The van der Waals surface area contributed by atoms with E-state index >= 15 is 0 Å². The smallest absolute Gasteiger partial charge is 0.234 e. The van der Waals surface area contributed by atoms with Crippen LogP contribution in [0.4, 0.5) is 0 Å². The number of furan rings is 1. The molecule has 0 amide bonds. The Morgan fingerprint density at radius 1 is 1.08 bits per heavy atom. The topological polar surface area (TPSA) is 29.9 Å². The Labute approximate surface area is 155 Å². The summed E-state index contributed by atoms with van der Waals surface area (Å²) < 4.78 is 32.5. The summed E-state index contributed by atoms with van der Waals surface area (Å²) in [5.41, 5.74) is 4.02. The van der Waals surface area contributed by atoms with Crippen molar-refractivity contribution in [2.45, 2.75) is 13.8 Å². The first kappa shape index (κ1) is 12.2. The second-order valence-electron chi connectivity index (χ2n) is 6.67. The first-order valence-corrected chi connectivity index (χ1v) is 8.54. The Morgan fingerprint density at radius 2 is 1.88 bits per heavy atom. The van der Waals surface area contributed by atoms with Crippen LogP contribution in [-0.4, -0.2) is 4.98 Å². The fourth-order valence-electron chi connectivity index (χ4n) is 3.66. The number of aryl methyl sites for hydroxylation is 2. The highest BCUT2D eigenvalue weighted by Crippen LogP contribution is 2.39. The van der Waals surface area contributed by atoms with Crippen LogP contribution in [0.2, 0.25) is 0 Å². The van der Waals surface area contributed by atoms with Gasteiger partial charge >= 0.3 is 0 Å². The Hall–Kier alpha value is -3.20. The summed E-state index contributed by atoms with van der Waals surface area (Å²) in [6.45, 7) is -0.387. The number of aromatic nitrogens is 2. The summed E-state index contributed by atoms with van der Waals surface area (Å²) in [5, 5.41) is 3.89. The van der Waals surface area contributed by atoms with E-state index in [4.69, 9.17) is 8.53 Å². The molecule has 5 aromatic rings. The summed E-state index contributed by atoms with van der Waals surface area (Å²) in [6, 6.07) is 13.9. The van der Waals surface area contributed by atoms with Gasteiger partial charge in [0.25, 0.3) is 0 Å². The molecule has 0 aliphatic heterocycles. The van der Waals surface area contributed by atoms with E-state index in [1.807, 2.05) is 49.0 Å². The Morgan fingerprint density at radius 3 is 2.65 bits per heavy atom. The molecule has 0 aliphatic carbocycles. The third-order valence-corrected chi connectivity index (χ3v) is 5.10. The lowest BCUT2D eigenvalue weighted by atomic mass is 9.96. The maximum atomic E-state index is 8.07. The van der Waals surface area contributed by atoms with E-state index in [0.717, 1.165) is 38.4 Å². The minimum Gasteiger partial charge on any atom is -0.455 e. The van der Waals surface area contributed by atoms with E-state index in [1.54, 1.807) is 18.5 Å². The van der Waals surface area contributed by atoms with E-state index in [0.29, 0.717) is 16.7 Å². The highest BCUT2D eigenvalue weighted by Gasteiger charge is 2.22. The number of benzene rings is 3. The van der Waals surface area contributed by atoms with Crippen molar-refractivity contribution >= 4 is 32.7 Å². The van der Waals surface area contributed by atoms with Crippen LogP contribution in [0.15, 0.2) is 65.5 Å². The number of fused-ring (bicyclic) bond motifs is 4. The molecule has 0 radical (unpaired) electrons. The fourth-order valence-corrected chi connectivity index (χ4v) is 3.66. The Kier molecular flexibility index (Phi) is 2.53. The predicted octanol–water partition coefficient (Wildman–Crippen LogP) is 5.24. The third-order valence-electron chi connectivity index (χ3n) is 5.10. The summed E-state index contributed by atoms with van der Waals surface area (Å²) in [4.78, 5) is 4.26. The highest BCUT2D eigenvalue weighted by molar-refractivity contribution is 6.13. The van der Waals surface area contributed by atoms with Crippen molar-refractivity contribution in [3.05, 3.63) is 72.2 Å². The zero-order valence-corrected chi connectivity index (χ0v) is 14.6. The molecule has 0 unspecified atom stereocenters. The average Bonchev–Trinajstić information content (AvgIpc) is 3.02. The molecule has 26 heavy (non-hydrogen) atoms. The molecule has 0 aliphatic rings. The van der Waals surface area contributed by atoms with Crippen LogP contribution in [0, 0.1) is 13.8 Å². The molecule has 2 heterocycles. The van der Waals surface area contributed by atoms with Gasteiger partial charge in [-0.25, -0.2) is 0 Å². The molecule has 0 saturated heterocycles. The number of hydrogen-bond acceptors (Lipinski definition) is 2. The van der Waals surface area contributed by atoms with Crippen LogP contribution in [-0.2, 0) is 7.05 Å². The van der Waals surface area contributed by atoms with Gasteiger partial charge < -0.3 is 4.42 Å². The Bertz CT molecular complexity index is 1420. The van der Waals surface area contributed by atoms with Crippen molar-refractivity contribution in [3.8, 4) is 11.3 Å². The van der Waals surface area contributed by atoms with E-state index in [2.05, 4.69) is 17.1 Å². The normalized spacial score (nSPS) is 13.8. The van der Waals surface area contributed by atoms with Crippen molar-refractivity contribution < 1.29 is 13.1 Å². The molecule has 3 nitrogen and oxygen atoms in total. The van der Waals surface area contributed by atoms with Gasteiger partial charge in [-0.3, -0.25) is 4.98 Å². The van der Waals surface area contributed by atoms with Gasteiger partial charge in [-0.2, -0.15) is 4.57 Å². The largest absolute Gasteiger partial charge is 0.455 e. The molecule has 0 N–H and O–H groups in total. The molecule has 0 bridgehead atoms.